The van der Waals surface area contributed by atoms with Crippen LogP contribution in [0.3, 0.4) is 0 Å². The molecule has 2 aromatic heterocycles. The first-order chi connectivity index (χ1) is 20.4. The van der Waals surface area contributed by atoms with Crippen LogP contribution in [0, 0.1) is 5.92 Å². The van der Waals surface area contributed by atoms with E-state index >= 15 is 0 Å². The maximum Gasteiger partial charge on any atom is 0.416 e. The number of nitrogens with zero attached hydrogens (tertiary/aromatic N) is 1. The molecule has 11 heteroatoms. The second-order valence-electron chi connectivity index (χ2n) is 11.0. The predicted octanol–water partition coefficient (Wildman–Crippen LogP) is 6.27. The van der Waals surface area contributed by atoms with Gasteiger partial charge in [0.1, 0.15) is 10.3 Å². The number of amides is 1. The van der Waals surface area contributed by atoms with Gasteiger partial charge in [0.15, 0.2) is 9.84 Å². The number of benzene rings is 3. The second kappa shape index (κ2) is 10.4. The fourth-order valence-electron chi connectivity index (χ4n) is 6.14. The zero-order chi connectivity index (χ0) is 30.6. The number of piperidine rings is 1. The topological polar surface area (TPSA) is 103 Å². The molecule has 3 aromatic carbocycles. The van der Waals surface area contributed by atoms with Crippen LogP contribution in [-0.2, 0) is 20.8 Å². The average molecular weight is 608 g/mol. The number of carbonyl (C=O) groups is 1. The molecule has 1 fully saturated rings. The Kier molecular flexibility index (Phi) is 6.95. The summed E-state index contributed by atoms with van der Waals surface area (Å²) in [6.45, 7) is 1.89. The molecule has 0 radical (unpaired) electrons. The molecular weight excluding hydrogens is 579 g/mol. The number of halogens is 3. The molecule has 43 heavy (non-hydrogen) atoms. The zero-order valence-electron chi connectivity index (χ0n) is 23.1. The Bertz CT molecular complexity index is 1990. The second-order valence-corrected chi connectivity index (χ2v) is 13.4. The molecular formula is C32H28F3N3O4S. The van der Waals surface area contributed by atoms with E-state index in [1.807, 2.05) is 12.1 Å². The van der Waals surface area contributed by atoms with Crippen LogP contribution in [0.1, 0.15) is 41.4 Å². The molecule has 0 saturated carbocycles. The molecule has 0 bridgehead atoms. The average Bonchev–Trinajstić information content (AvgIpc) is 3.45. The van der Waals surface area contributed by atoms with Gasteiger partial charge in [-0.25, -0.2) is 8.42 Å². The fraction of sp³-hybridized carbons (Fsp3) is 0.250. The zero-order valence-corrected chi connectivity index (χ0v) is 23.9. The van der Waals surface area contributed by atoms with Crippen LogP contribution in [0.4, 0.5) is 13.2 Å². The maximum absolute atomic E-state index is 14.4. The Hall–Kier alpha value is -4.38. The molecule has 6 rings (SSSR count). The molecule has 2 N–H and O–H groups in total. The number of nitrogens with one attached hydrogen (secondary N) is 2. The number of aromatic nitrogens is 2. The van der Waals surface area contributed by atoms with E-state index in [4.69, 9.17) is 0 Å². The van der Waals surface area contributed by atoms with Crippen molar-refractivity contribution in [3.63, 3.8) is 0 Å². The highest BCUT2D eigenvalue weighted by Gasteiger charge is 2.50. The van der Waals surface area contributed by atoms with Gasteiger partial charge in [0, 0.05) is 41.4 Å². The first kappa shape index (κ1) is 28.7. The van der Waals surface area contributed by atoms with Crippen LogP contribution in [0.25, 0.3) is 21.8 Å². The number of rotatable bonds is 5. The van der Waals surface area contributed by atoms with Crippen molar-refractivity contribution >= 4 is 37.6 Å². The number of H-pyrrole nitrogens is 2. The molecule has 1 saturated heterocycles. The van der Waals surface area contributed by atoms with E-state index in [9.17, 15) is 31.2 Å². The monoisotopic (exact) mass is 607 g/mol. The summed E-state index contributed by atoms with van der Waals surface area (Å²) in [5.41, 5.74) is 0.224. The molecule has 1 amide bonds. The Morgan fingerprint density at radius 3 is 2.28 bits per heavy atom. The number of pyridine rings is 1. The SMILES string of the molecule is CC(c1cc2ccccc2[nH]1)(C1CCN(C(=O)c2c[nH]c3ccccc3c2=O)CC1)S(=O)(=O)c1cccc(C(F)(F)F)c1. The molecule has 1 aliphatic heterocycles. The Morgan fingerprint density at radius 1 is 0.907 bits per heavy atom. The van der Waals surface area contributed by atoms with E-state index in [1.165, 1.54) is 17.2 Å². The summed E-state index contributed by atoms with van der Waals surface area (Å²) in [5, 5.41) is 1.16. The number of aromatic amines is 2. The number of sulfone groups is 1. The number of carbonyl (C=O) groups excluding carboxylic acids is 1. The van der Waals surface area contributed by atoms with Crippen LogP contribution in [0.15, 0.2) is 94.7 Å². The van der Waals surface area contributed by atoms with Gasteiger partial charge in [0.25, 0.3) is 5.91 Å². The smallest absolute Gasteiger partial charge is 0.360 e. The van der Waals surface area contributed by atoms with Crippen molar-refractivity contribution in [2.45, 2.75) is 35.6 Å². The first-order valence-electron chi connectivity index (χ1n) is 13.8. The summed E-state index contributed by atoms with van der Waals surface area (Å²) < 4.78 is 67.9. The lowest BCUT2D eigenvalue weighted by atomic mass is 9.82. The molecule has 1 aliphatic rings. The molecule has 5 aromatic rings. The Morgan fingerprint density at radius 2 is 1.58 bits per heavy atom. The van der Waals surface area contributed by atoms with Crippen molar-refractivity contribution in [2.75, 3.05) is 13.1 Å². The van der Waals surface area contributed by atoms with E-state index < -0.39 is 48.5 Å². The highest BCUT2D eigenvalue weighted by Crippen LogP contribution is 2.47. The highest BCUT2D eigenvalue weighted by atomic mass is 32.2. The highest BCUT2D eigenvalue weighted by molar-refractivity contribution is 7.92. The van der Waals surface area contributed by atoms with Gasteiger partial charge in [-0.2, -0.15) is 13.2 Å². The molecule has 0 aliphatic carbocycles. The third-order valence-electron chi connectivity index (χ3n) is 8.67. The number of para-hydroxylation sites is 2. The summed E-state index contributed by atoms with van der Waals surface area (Å²) in [4.78, 5) is 33.8. The summed E-state index contributed by atoms with van der Waals surface area (Å²) >= 11 is 0. The predicted molar refractivity (Wildman–Crippen MR) is 157 cm³/mol. The summed E-state index contributed by atoms with van der Waals surface area (Å²) in [6.07, 6.45) is -2.82. The van der Waals surface area contributed by atoms with E-state index in [2.05, 4.69) is 9.97 Å². The fourth-order valence-corrected chi connectivity index (χ4v) is 8.24. The van der Waals surface area contributed by atoms with Crippen molar-refractivity contribution in [1.82, 2.24) is 14.9 Å². The Balaban J connectivity index is 1.36. The third kappa shape index (κ3) is 4.81. The molecule has 3 heterocycles. The van der Waals surface area contributed by atoms with Crippen LogP contribution in [-0.4, -0.2) is 42.3 Å². The lowest BCUT2D eigenvalue weighted by Gasteiger charge is -2.41. The van der Waals surface area contributed by atoms with Gasteiger partial charge in [-0.3, -0.25) is 9.59 Å². The van der Waals surface area contributed by atoms with E-state index in [-0.39, 0.29) is 31.5 Å². The number of fused-ring (bicyclic) bond motifs is 2. The van der Waals surface area contributed by atoms with E-state index in [0.29, 0.717) is 28.2 Å². The van der Waals surface area contributed by atoms with Crippen molar-refractivity contribution < 1.29 is 26.4 Å². The van der Waals surface area contributed by atoms with Crippen LogP contribution in [0.5, 0.6) is 0 Å². The maximum atomic E-state index is 14.4. The summed E-state index contributed by atoms with van der Waals surface area (Å²) in [7, 11) is -4.39. The minimum absolute atomic E-state index is 0.00730. The van der Waals surface area contributed by atoms with Gasteiger partial charge < -0.3 is 14.9 Å². The number of hydrogen-bond acceptors (Lipinski definition) is 4. The molecule has 7 nitrogen and oxygen atoms in total. The molecule has 222 valence electrons. The van der Waals surface area contributed by atoms with Gasteiger partial charge in [-0.15, -0.1) is 0 Å². The van der Waals surface area contributed by atoms with E-state index in [1.54, 1.807) is 49.4 Å². The standard InChI is InChI=1S/C32H28F3N3O4S/c1-31(28-17-20-7-2-4-11-26(20)37-28,43(41,42)23-9-6-8-22(18-23)32(33,34)35)21-13-15-38(16-14-21)30(40)25-19-36-27-12-5-3-10-24(27)29(25)39/h2-12,17-19,21,37H,13-16H2,1H3,(H,36,39). The lowest BCUT2D eigenvalue weighted by molar-refractivity contribution is -0.137. The lowest BCUT2D eigenvalue weighted by Crippen LogP contribution is -2.48. The molecule has 1 atom stereocenters. The van der Waals surface area contributed by atoms with E-state index in [0.717, 1.165) is 17.5 Å². The number of hydrogen-bond donors (Lipinski definition) is 2. The normalized spacial score (nSPS) is 16.4. The van der Waals surface area contributed by atoms with Crippen LogP contribution < -0.4 is 5.43 Å². The number of alkyl halides is 3. The third-order valence-corrected chi connectivity index (χ3v) is 11.2. The summed E-state index contributed by atoms with van der Waals surface area (Å²) in [6, 6.07) is 19.7. The number of likely N-dealkylation sites (tertiary alicyclic amines) is 1. The largest absolute Gasteiger partial charge is 0.416 e. The van der Waals surface area contributed by atoms with Gasteiger partial charge in [-0.1, -0.05) is 36.4 Å². The minimum Gasteiger partial charge on any atom is -0.360 e. The summed E-state index contributed by atoms with van der Waals surface area (Å²) in [5.74, 6) is -1.02. The van der Waals surface area contributed by atoms with Gasteiger partial charge >= 0.3 is 6.18 Å². The van der Waals surface area contributed by atoms with Crippen LogP contribution >= 0.6 is 0 Å². The molecule has 1 unspecified atom stereocenters. The van der Waals surface area contributed by atoms with Gasteiger partial charge in [-0.05, 0) is 73.5 Å². The first-order valence-corrected chi connectivity index (χ1v) is 15.3. The minimum atomic E-state index is -4.71. The molecule has 0 spiro atoms. The van der Waals surface area contributed by atoms with Gasteiger partial charge in [0.2, 0.25) is 5.43 Å². The van der Waals surface area contributed by atoms with Crippen molar-refractivity contribution in [1.29, 1.82) is 0 Å². The van der Waals surface area contributed by atoms with Crippen molar-refractivity contribution in [3.8, 4) is 0 Å². The quantitative estimate of drug-likeness (QED) is 0.246. The Labute approximate surface area is 245 Å². The van der Waals surface area contributed by atoms with Crippen molar-refractivity contribution in [3.05, 3.63) is 112 Å². The van der Waals surface area contributed by atoms with Crippen molar-refractivity contribution in [2.24, 2.45) is 5.92 Å². The van der Waals surface area contributed by atoms with Crippen LogP contribution in [0.2, 0.25) is 0 Å². The van der Waals surface area contributed by atoms with Gasteiger partial charge in [0.05, 0.1) is 10.5 Å².